The van der Waals surface area contributed by atoms with Crippen LogP contribution in [0.4, 0.5) is 22.0 Å². The molecule has 0 heterocycles. The minimum Gasteiger partial charge on any atom is -0.294 e. The third-order valence-corrected chi connectivity index (χ3v) is 2.61. The maximum Gasteiger partial charge on any atom is 0.389 e. The van der Waals surface area contributed by atoms with Gasteiger partial charge in [-0.25, -0.2) is 8.78 Å². The molecule has 0 N–H and O–H groups in total. The first-order valence-electron chi connectivity index (χ1n) is 4.95. The number of hydrogen-bond acceptors (Lipinski definition) is 1. The number of Topliss-reactive ketones (excluding diaryl/α,β-unsaturated/α-hetero) is 1. The van der Waals surface area contributed by atoms with E-state index in [1.54, 1.807) is 0 Å². The molecule has 0 aliphatic heterocycles. The van der Waals surface area contributed by atoms with E-state index in [1.807, 2.05) is 0 Å². The molecular weight excluding hydrogens is 323 g/mol. The molecule has 7 heteroatoms. The molecule has 0 amide bonds. The second kappa shape index (κ2) is 5.77. The van der Waals surface area contributed by atoms with Gasteiger partial charge in [-0.05, 0) is 18.6 Å². The van der Waals surface area contributed by atoms with Crippen molar-refractivity contribution < 1.29 is 26.7 Å². The molecule has 0 fully saturated rings. The number of halogens is 6. The Labute approximate surface area is 108 Å². The van der Waals surface area contributed by atoms with Crippen LogP contribution in [0.25, 0.3) is 0 Å². The minimum absolute atomic E-state index is 0.115. The highest BCUT2D eigenvalue weighted by molar-refractivity contribution is 9.10. The molecule has 1 aromatic rings. The monoisotopic (exact) mass is 330 g/mol. The lowest BCUT2D eigenvalue weighted by atomic mass is 10.0. The molecule has 0 aliphatic rings. The van der Waals surface area contributed by atoms with Crippen molar-refractivity contribution in [3.05, 3.63) is 33.8 Å². The van der Waals surface area contributed by atoms with Gasteiger partial charge in [0, 0.05) is 17.3 Å². The molecular formula is C11H8BrF5O. The normalized spacial score (nSPS) is 11.7. The second-order valence-electron chi connectivity index (χ2n) is 3.64. The largest absolute Gasteiger partial charge is 0.389 e. The highest BCUT2D eigenvalue weighted by atomic mass is 79.9. The van der Waals surface area contributed by atoms with Crippen LogP contribution in [0.15, 0.2) is 16.6 Å². The molecule has 0 bridgehead atoms. The van der Waals surface area contributed by atoms with Crippen molar-refractivity contribution in [3.63, 3.8) is 0 Å². The highest BCUT2D eigenvalue weighted by Crippen LogP contribution is 2.25. The summed E-state index contributed by atoms with van der Waals surface area (Å²) in [5.41, 5.74) is -0.791. The first-order valence-corrected chi connectivity index (χ1v) is 5.74. The molecule has 1 nitrogen and oxygen atoms in total. The summed E-state index contributed by atoms with van der Waals surface area (Å²) in [5, 5.41) is 0. The SMILES string of the molecule is O=C(CCCC(F)(F)F)c1c(F)cc(Br)cc1F. The van der Waals surface area contributed by atoms with E-state index in [9.17, 15) is 26.7 Å². The summed E-state index contributed by atoms with van der Waals surface area (Å²) in [5.74, 6) is -3.14. The molecule has 0 unspecified atom stereocenters. The summed E-state index contributed by atoms with van der Waals surface area (Å²) in [7, 11) is 0. The van der Waals surface area contributed by atoms with E-state index in [0.717, 1.165) is 12.1 Å². The topological polar surface area (TPSA) is 17.1 Å². The Morgan fingerprint density at radius 1 is 1.17 bits per heavy atom. The Hall–Kier alpha value is -0.980. The molecule has 0 radical (unpaired) electrons. The van der Waals surface area contributed by atoms with Crippen molar-refractivity contribution in [1.82, 2.24) is 0 Å². The van der Waals surface area contributed by atoms with Gasteiger partial charge in [0.2, 0.25) is 0 Å². The van der Waals surface area contributed by atoms with Crippen LogP contribution in [-0.4, -0.2) is 12.0 Å². The molecule has 1 rings (SSSR count). The van der Waals surface area contributed by atoms with Crippen molar-refractivity contribution in [1.29, 1.82) is 0 Å². The number of rotatable bonds is 4. The third-order valence-electron chi connectivity index (χ3n) is 2.15. The average molecular weight is 331 g/mol. The Balaban J connectivity index is 2.74. The summed E-state index contributed by atoms with van der Waals surface area (Å²) >= 11 is 2.83. The van der Waals surface area contributed by atoms with Crippen molar-refractivity contribution in [2.45, 2.75) is 25.4 Å². The second-order valence-corrected chi connectivity index (χ2v) is 4.55. The molecule has 18 heavy (non-hydrogen) atoms. The van der Waals surface area contributed by atoms with Gasteiger partial charge in [-0.3, -0.25) is 4.79 Å². The highest BCUT2D eigenvalue weighted by Gasteiger charge is 2.27. The van der Waals surface area contributed by atoms with Crippen LogP contribution in [0.2, 0.25) is 0 Å². The van der Waals surface area contributed by atoms with E-state index in [1.165, 1.54) is 0 Å². The van der Waals surface area contributed by atoms with E-state index in [0.29, 0.717) is 0 Å². The van der Waals surface area contributed by atoms with Crippen LogP contribution in [0, 0.1) is 11.6 Å². The fourth-order valence-electron chi connectivity index (χ4n) is 1.38. The molecule has 0 spiro atoms. The van der Waals surface area contributed by atoms with Gasteiger partial charge >= 0.3 is 6.18 Å². The van der Waals surface area contributed by atoms with Crippen molar-refractivity contribution in [2.24, 2.45) is 0 Å². The van der Waals surface area contributed by atoms with Gasteiger partial charge < -0.3 is 0 Å². The Morgan fingerprint density at radius 2 is 1.67 bits per heavy atom. The first kappa shape index (κ1) is 15.1. The number of carbonyl (C=O) groups excluding carboxylic acids is 1. The molecule has 1 aromatic carbocycles. The number of hydrogen-bond donors (Lipinski definition) is 0. The fraction of sp³-hybridized carbons (Fsp3) is 0.364. The number of alkyl halides is 3. The predicted octanol–water partition coefficient (Wildman–Crippen LogP) is 4.64. The van der Waals surface area contributed by atoms with Gasteiger partial charge in [-0.1, -0.05) is 15.9 Å². The molecule has 0 saturated carbocycles. The summed E-state index contributed by atoms with van der Waals surface area (Å²) in [6.07, 6.45) is -6.57. The van der Waals surface area contributed by atoms with Crippen LogP contribution in [0.1, 0.15) is 29.6 Å². The van der Waals surface area contributed by atoms with Crippen LogP contribution in [-0.2, 0) is 0 Å². The summed E-state index contributed by atoms with van der Waals surface area (Å²) in [6, 6.07) is 1.78. The van der Waals surface area contributed by atoms with E-state index in [-0.39, 0.29) is 4.47 Å². The minimum atomic E-state index is -4.38. The zero-order valence-electron chi connectivity index (χ0n) is 8.95. The summed E-state index contributed by atoms with van der Waals surface area (Å²) < 4.78 is 62.3. The molecule has 100 valence electrons. The van der Waals surface area contributed by atoms with E-state index >= 15 is 0 Å². The quantitative estimate of drug-likeness (QED) is 0.580. The number of benzene rings is 1. The van der Waals surface area contributed by atoms with Gasteiger partial charge in [0.25, 0.3) is 0 Å². The lowest BCUT2D eigenvalue weighted by Crippen LogP contribution is -2.10. The van der Waals surface area contributed by atoms with Gasteiger partial charge in [0.1, 0.15) is 11.6 Å². The van der Waals surface area contributed by atoms with Gasteiger partial charge in [-0.2, -0.15) is 13.2 Å². The lowest BCUT2D eigenvalue weighted by molar-refractivity contribution is -0.135. The molecule has 0 saturated heterocycles. The standard InChI is InChI=1S/C11H8BrF5O/c12-6-4-7(13)10(8(14)5-6)9(18)2-1-3-11(15,16)17/h4-5H,1-3H2. The first-order chi connectivity index (χ1) is 8.20. The van der Waals surface area contributed by atoms with Crippen molar-refractivity contribution in [2.75, 3.05) is 0 Å². The summed E-state index contributed by atoms with van der Waals surface area (Å²) in [6.45, 7) is 0. The van der Waals surface area contributed by atoms with E-state index in [2.05, 4.69) is 15.9 Å². The van der Waals surface area contributed by atoms with Crippen molar-refractivity contribution >= 4 is 21.7 Å². The zero-order chi connectivity index (χ0) is 13.9. The average Bonchev–Trinajstić information content (AvgIpc) is 2.13. The van der Waals surface area contributed by atoms with E-state index in [4.69, 9.17) is 0 Å². The zero-order valence-corrected chi connectivity index (χ0v) is 10.5. The summed E-state index contributed by atoms with van der Waals surface area (Å²) in [4.78, 5) is 11.4. The fourth-order valence-corrected chi connectivity index (χ4v) is 1.78. The molecule has 0 aromatic heterocycles. The van der Waals surface area contributed by atoms with Gasteiger partial charge in [0.05, 0.1) is 5.56 Å². The predicted molar refractivity (Wildman–Crippen MR) is 58.3 cm³/mol. The van der Waals surface area contributed by atoms with Crippen LogP contribution < -0.4 is 0 Å². The maximum atomic E-state index is 13.3. The van der Waals surface area contributed by atoms with E-state index < -0.39 is 48.4 Å². The Kier molecular flexibility index (Phi) is 4.84. The molecule has 0 aliphatic carbocycles. The lowest BCUT2D eigenvalue weighted by Gasteiger charge is -2.07. The van der Waals surface area contributed by atoms with Gasteiger partial charge in [0.15, 0.2) is 5.78 Å². The van der Waals surface area contributed by atoms with Crippen LogP contribution in [0.3, 0.4) is 0 Å². The number of ketones is 1. The van der Waals surface area contributed by atoms with Crippen LogP contribution >= 0.6 is 15.9 Å². The number of carbonyl (C=O) groups is 1. The smallest absolute Gasteiger partial charge is 0.294 e. The third kappa shape index (κ3) is 4.36. The van der Waals surface area contributed by atoms with Crippen molar-refractivity contribution in [3.8, 4) is 0 Å². The Morgan fingerprint density at radius 3 is 2.11 bits per heavy atom. The molecule has 0 atom stereocenters. The Bertz CT molecular complexity index is 432. The van der Waals surface area contributed by atoms with Crippen LogP contribution in [0.5, 0.6) is 0 Å². The van der Waals surface area contributed by atoms with Gasteiger partial charge in [-0.15, -0.1) is 0 Å². The maximum absolute atomic E-state index is 13.3.